The number of aromatic nitrogens is 2. The maximum Gasteiger partial charge on any atom is 0.151 e. The largest absolute Gasteiger partial charge is 0.465 e. The van der Waals surface area contributed by atoms with Crippen LogP contribution in [0.5, 0.6) is 0 Å². The number of aliphatic hydroxyl groups is 1. The Morgan fingerprint density at radius 1 is 1.62 bits per heavy atom. The van der Waals surface area contributed by atoms with Crippen LogP contribution in [0.2, 0.25) is 0 Å². The Morgan fingerprint density at radius 3 is 2.94 bits per heavy atom. The van der Waals surface area contributed by atoms with Gasteiger partial charge in [-0.1, -0.05) is 6.92 Å². The molecule has 0 saturated heterocycles. The highest BCUT2D eigenvalue weighted by Crippen LogP contribution is 2.30. The smallest absolute Gasteiger partial charge is 0.151 e. The van der Waals surface area contributed by atoms with Gasteiger partial charge in [-0.2, -0.15) is 5.10 Å². The minimum atomic E-state index is -0.770. The fraction of sp³-hybridized carbons (Fsp3) is 0.364. The van der Waals surface area contributed by atoms with Crippen LogP contribution >= 0.6 is 15.9 Å². The fourth-order valence-electron chi connectivity index (χ4n) is 1.70. The summed E-state index contributed by atoms with van der Waals surface area (Å²) >= 11 is 3.34. The van der Waals surface area contributed by atoms with Crippen LogP contribution < -0.4 is 0 Å². The minimum Gasteiger partial charge on any atom is -0.465 e. The van der Waals surface area contributed by atoms with Gasteiger partial charge >= 0.3 is 0 Å². The zero-order valence-corrected chi connectivity index (χ0v) is 10.7. The molecule has 0 aliphatic heterocycles. The molecule has 0 spiro atoms. The molecule has 4 nitrogen and oxygen atoms in total. The normalized spacial score (nSPS) is 13.0. The van der Waals surface area contributed by atoms with Crippen molar-refractivity contribution in [2.75, 3.05) is 0 Å². The predicted molar refractivity (Wildman–Crippen MR) is 63.1 cm³/mol. The van der Waals surface area contributed by atoms with Crippen molar-refractivity contribution in [3.8, 4) is 0 Å². The third-order valence-corrected chi connectivity index (χ3v) is 3.12. The summed E-state index contributed by atoms with van der Waals surface area (Å²) in [7, 11) is 1.84. The van der Waals surface area contributed by atoms with Crippen molar-refractivity contribution >= 4 is 15.9 Å². The van der Waals surface area contributed by atoms with Gasteiger partial charge < -0.3 is 9.52 Å². The zero-order valence-electron chi connectivity index (χ0n) is 9.14. The monoisotopic (exact) mass is 284 g/mol. The molecule has 16 heavy (non-hydrogen) atoms. The summed E-state index contributed by atoms with van der Waals surface area (Å²) in [5.41, 5.74) is 1.68. The van der Waals surface area contributed by atoms with Gasteiger partial charge in [0.1, 0.15) is 6.10 Å². The molecule has 0 aliphatic carbocycles. The molecule has 86 valence electrons. The molecule has 0 aliphatic rings. The molecular formula is C11H13BrN2O2. The molecule has 0 bridgehead atoms. The molecule has 0 radical (unpaired) electrons. The molecule has 0 aromatic carbocycles. The maximum atomic E-state index is 10.2. The summed E-state index contributed by atoms with van der Waals surface area (Å²) in [6.45, 7) is 2.01. The average Bonchev–Trinajstić information content (AvgIpc) is 2.83. The number of rotatable bonds is 3. The van der Waals surface area contributed by atoms with Gasteiger partial charge in [0.15, 0.2) is 5.76 Å². The molecule has 0 amide bonds. The third kappa shape index (κ3) is 1.92. The lowest BCUT2D eigenvalue weighted by atomic mass is 10.1. The molecule has 5 heteroatoms. The Kier molecular flexibility index (Phi) is 3.16. The van der Waals surface area contributed by atoms with E-state index in [-0.39, 0.29) is 0 Å². The van der Waals surface area contributed by atoms with Crippen molar-refractivity contribution in [3.63, 3.8) is 0 Å². The van der Waals surface area contributed by atoms with E-state index in [0.29, 0.717) is 5.76 Å². The fourth-order valence-corrected chi connectivity index (χ4v) is 2.12. The Bertz CT molecular complexity index is 490. The predicted octanol–water partition coefficient (Wildman–Crippen LogP) is 2.42. The summed E-state index contributed by atoms with van der Waals surface area (Å²) in [5, 5.41) is 14.5. The van der Waals surface area contributed by atoms with Gasteiger partial charge in [0.25, 0.3) is 0 Å². The number of furan rings is 1. The first-order valence-electron chi connectivity index (χ1n) is 5.06. The third-order valence-electron chi connectivity index (χ3n) is 2.46. The van der Waals surface area contributed by atoms with Gasteiger partial charge in [-0.05, 0) is 28.4 Å². The van der Waals surface area contributed by atoms with Gasteiger partial charge in [0.05, 0.1) is 16.4 Å². The molecule has 1 N–H and O–H groups in total. The van der Waals surface area contributed by atoms with E-state index in [1.165, 1.54) is 0 Å². The van der Waals surface area contributed by atoms with E-state index in [9.17, 15) is 5.11 Å². The van der Waals surface area contributed by atoms with E-state index < -0.39 is 6.10 Å². The van der Waals surface area contributed by atoms with Gasteiger partial charge in [0, 0.05) is 18.8 Å². The Morgan fingerprint density at radius 2 is 2.38 bits per heavy atom. The number of hydrogen-bond acceptors (Lipinski definition) is 3. The van der Waals surface area contributed by atoms with Gasteiger partial charge in [-0.15, -0.1) is 0 Å². The Hall–Kier alpha value is -1.07. The molecule has 0 saturated carbocycles. The number of hydrogen-bond donors (Lipinski definition) is 1. The van der Waals surface area contributed by atoms with E-state index in [1.807, 2.05) is 20.2 Å². The topological polar surface area (TPSA) is 51.2 Å². The SMILES string of the molecule is CCc1nn(C)cc1C(O)c1occc1Br. The summed E-state index contributed by atoms with van der Waals surface area (Å²) < 4.78 is 7.73. The summed E-state index contributed by atoms with van der Waals surface area (Å²) in [6.07, 6.45) is 3.38. The number of aliphatic hydroxyl groups excluding tert-OH is 1. The maximum absolute atomic E-state index is 10.2. The van der Waals surface area contributed by atoms with Crippen LogP contribution in [0.3, 0.4) is 0 Å². The second kappa shape index (κ2) is 4.43. The van der Waals surface area contributed by atoms with Crippen LogP contribution in [0.25, 0.3) is 0 Å². The van der Waals surface area contributed by atoms with E-state index in [0.717, 1.165) is 22.2 Å². The van der Waals surface area contributed by atoms with Gasteiger partial charge in [-0.3, -0.25) is 4.68 Å². The van der Waals surface area contributed by atoms with E-state index >= 15 is 0 Å². The lowest BCUT2D eigenvalue weighted by Crippen LogP contribution is -2.01. The summed E-state index contributed by atoms with van der Waals surface area (Å²) in [5.74, 6) is 0.516. The van der Waals surface area contributed by atoms with Crippen LogP contribution in [0, 0.1) is 0 Å². The van der Waals surface area contributed by atoms with Crippen molar-refractivity contribution in [2.45, 2.75) is 19.4 Å². The van der Waals surface area contributed by atoms with Crippen LogP contribution in [0.4, 0.5) is 0 Å². The Balaban J connectivity index is 2.40. The van der Waals surface area contributed by atoms with Crippen LogP contribution in [-0.4, -0.2) is 14.9 Å². The first-order chi connectivity index (χ1) is 7.63. The second-order valence-electron chi connectivity index (χ2n) is 3.59. The van der Waals surface area contributed by atoms with Crippen molar-refractivity contribution in [1.29, 1.82) is 0 Å². The van der Waals surface area contributed by atoms with Crippen LogP contribution in [0.15, 0.2) is 27.4 Å². The second-order valence-corrected chi connectivity index (χ2v) is 4.45. The zero-order chi connectivity index (χ0) is 11.7. The van der Waals surface area contributed by atoms with Crippen LogP contribution in [0.1, 0.15) is 30.0 Å². The number of aryl methyl sites for hydroxylation is 2. The van der Waals surface area contributed by atoms with E-state index in [1.54, 1.807) is 17.0 Å². The summed E-state index contributed by atoms with van der Waals surface area (Å²) in [6, 6.07) is 1.76. The van der Waals surface area contributed by atoms with Crippen molar-refractivity contribution in [1.82, 2.24) is 9.78 Å². The summed E-state index contributed by atoms with van der Waals surface area (Å²) in [4.78, 5) is 0. The highest BCUT2D eigenvalue weighted by atomic mass is 79.9. The first-order valence-corrected chi connectivity index (χ1v) is 5.86. The molecule has 2 heterocycles. The first kappa shape index (κ1) is 11.4. The molecule has 0 fully saturated rings. The van der Waals surface area contributed by atoms with Crippen molar-refractivity contribution < 1.29 is 9.52 Å². The highest BCUT2D eigenvalue weighted by Gasteiger charge is 2.21. The molecular weight excluding hydrogens is 272 g/mol. The minimum absolute atomic E-state index is 0.516. The number of nitrogens with zero attached hydrogens (tertiary/aromatic N) is 2. The molecule has 2 rings (SSSR count). The number of halogens is 1. The lowest BCUT2D eigenvalue weighted by molar-refractivity contribution is 0.187. The lowest BCUT2D eigenvalue weighted by Gasteiger charge is -2.07. The molecule has 2 aromatic heterocycles. The van der Waals surface area contributed by atoms with Crippen LogP contribution in [-0.2, 0) is 13.5 Å². The average molecular weight is 285 g/mol. The highest BCUT2D eigenvalue weighted by molar-refractivity contribution is 9.10. The van der Waals surface area contributed by atoms with E-state index in [2.05, 4.69) is 21.0 Å². The quantitative estimate of drug-likeness (QED) is 0.942. The Labute approximate surface area is 102 Å². The molecule has 2 aromatic rings. The van der Waals surface area contributed by atoms with Gasteiger partial charge in [-0.25, -0.2) is 0 Å². The standard InChI is InChI=1S/C11H13BrN2O2/c1-3-9-7(6-14(2)13-9)10(15)11-8(12)4-5-16-11/h4-6,10,15H,3H2,1-2H3. The molecule has 1 atom stereocenters. The van der Waals surface area contributed by atoms with Gasteiger partial charge in [0.2, 0.25) is 0 Å². The van der Waals surface area contributed by atoms with Crippen molar-refractivity contribution in [2.24, 2.45) is 7.05 Å². The van der Waals surface area contributed by atoms with E-state index in [4.69, 9.17) is 4.42 Å². The molecule has 1 unspecified atom stereocenters. The van der Waals surface area contributed by atoms with Crippen molar-refractivity contribution in [3.05, 3.63) is 40.0 Å².